The van der Waals surface area contributed by atoms with E-state index in [-0.39, 0.29) is 12.5 Å². The highest BCUT2D eigenvalue weighted by molar-refractivity contribution is 7.10. The Morgan fingerprint density at radius 3 is 3.00 bits per heavy atom. The van der Waals surface area contributed by atoms with Crippen molar-refractivity contribution in [2.75, 3.05) is 13.7 Å². The van der Waals surface area contributed by atoms with Crippen LogP contribution in [-0.2, 0) is 6.54 Å². The maximum absolute atomic E-state index is 12.1. The molecule has 20 heavy (non-hydrogen) atoms. The molecule has 0 saturated carbocycles. The first-order valence-corrected chi connectivity index (χ1v) is 7.97. The van der Waals surface area contributed by atoms with Crippen LogP contribution in [0, 0.1) is 11.8 Å². The normalized spacial score (nSPS) is 9.90. The number of hydrogen-bond donors (Lipinski definition) is 1. The summed E-state index contributed by atoms with van der Waals surface area (Å²) in [6.07, 6.45) is 0.490. The van der Waals surface area contributed by atoms with Gasteiger partial charge in [0.2, 0.25) is 0 Å². The van der Waals surface area contributed by atoms with Gasteiger partial charge in [0.1, 0.15) is 0 Å². The Balaban J connectivity index is 1.97. The third-order valence-electron chi connectivity index (χ3n) is 2.64. The third-order valence-corrected chi connectivity index (χ3v) is 4.21. The van der Waals surface area contributed by atoms with Crippen LogP contribution in [0.3, 0.4) is 0 Å². The smallest absolute Gasteiger partial charge is 0.254 e. The second kappa shape index (κ2) is 7.25. The van der Waals surface area contributed by atoms with E-state index in [4.69, 9.17) is 5.11 Å². The molecule has 0 aliphatic rings. The minimum Gasteiger partial charge on any atom is -0.395 e. The fraction of sp³-hybridized carbons (Fsp3) is 0.267. The molecule has 0 fully saturated rings. The molecular formula is C15H15NO2S2. The topological polar surface area (TPSA) is 40.5 Å². The van der Waals surface area contributed by atoms with Crippen LogP contribution in [0.4, 0.5) is 0 Å². The maximum Gasteiger partial charge on any atom is 0.254 e. The average Bonchev–Trinajstić information content (AvgIpc) is 3.09. The van der Waals surface area contributed by atoms with Gasteiger partial charge in [-0.2, -0.15) is 11.3 Å². The fourth-order valence-electron chi connectivity index (χ4n) is 1.68. The highest BCUT2D eigenvalue weighted by Crippen LogP contribution is 2.16. The van der Waals surface area contributed by atoms with Gasteiger partial charge in [0.25, 0.3) is 5.91 Å². The molecule has 0 aliphatic heterocycles. The van der Waals surface area contributed by atoms with Gasteiger partial charge in [-0.3, -0.25) is 4.79 Å². The van der Waals surface area contributed by atoms with Crippen LogP contribution in [0.5, 0.6) is 0 Å². The maximum atomic E-state index is 12.1. The lowest BCUT2D eigenvalue weighted by Gasteiger charge is -2.15. The van der Waals surface area contributed by atoms with Gasteiger partial charge in [-0.15, -0.1) is 11.3 Å². The molecule has 2 rings (SSSR count). The van der Waals surface area contributed by atoms with Gasteiger partial charge in [-0.1, -0.05) is 11.8 Å². The van der Waals surface area contributed by atoms with E-state index in [0.717, 1.165) is 16.0 Å². The summed E-state index contributed by atoms with van der Waals surface area (Å²) in [5.74, 6) is 5.93. The van der Waals surface area contributed by atoms with Crippen molar-refractivity contribution in [2.45, 2.75) is 13.0 Å². The molecule has 2 aromatic rings. The number of aliphatic hydroxyl groups is 1. The summed E-state index contributed by atoms with van der Waals surface area (Å²) in [6, 6.07) is 3.83. The Morgan fingerprint density at radius 1 is 1.45 bits per heavy atom. The van der Waals surface area contributed by atoms with Gasteiger partial charge >= 0.3 is 0 Å². The van der Waals surface area contributed by atoms with E-state index in [1.54, 1.807) is 23.3 Å². The second-order valence-corrected chi connectivity index (χ2v) is 5.96. The first-order valence-electron chi connectivity index (χ1n) is 6.15. The van der Waals surface area contributed by atoms with E-state index < -0.39 is 0 Å². The Morgan fingerprint density at radius 2 is 2.30 bits per heavy atom. The van der Waals surface area contributed by atoms with Crippen LogP contribution in [0.2, 0.25) is 0 Å². The lowest BCUT2D eigenvalue weighted by atomic mass is 10.2. The molecule has 0 spiro atoms. The van der Waals surface area contributed by atoms with Crippen LogP contribution < -0.4 is 0 Å². The zero-order valence-electron chi connectivity index (χ0n) is 11.1. The van der Waals surface area contributed by atoms with Crippen LogP contribution in [-0.4, -0.2) is 29.6 Å². The van der Waals surface area contributed by atoms with Gasteiger partial charge in [0, 0.05) is 25.4 Å². The molecule has 0 radical (unpaired) electrons. The van der Waals surface area contributed by atoms with Crippen molar-refractivity contribution in [2.24, 2.45) is 0 Å². The lowest BCUT2D eigenvalue weighted by molar-refractivity contribution is 0.0786. The second-order valence-electron chi connectivity index (χ2n) is 4.27. The van der Waals surface area contributed by atoms with Gasteiger partial charge in [0.05, 0.1) is 17.0 Å². The Labute approximate surface area is 126 Å². The molecule has 1 N–H and O–H groups in total. The average molecular weight is 305 g/mol. The fourth-order valence-corrected chi connectivity index (χ4v) is 3.08. The van der Waals surface area contributed by atoms with E-state index in [2.05, 4.69) is 11.8 Å². The predicted octanol–water partition coefficient (Wildman–Crippen LogP) is 2.82. The van der Waals surface area contributed by atoms with E-state index in [1.807, 2.05) is 28.3 Å². The van der Waals surface area contributed by atoms with Crippen molar-refractivity contribution in [3.8, 4) is 11.8 Å². The number of hydrogen-bond acceptors (Lipinski definition) is 4. The number of rotatable bonds is 4. The molecule has 3 nitrogen and oxygen atoms in total. The van der Waals surface area contributed by atoms with Gasteiger partial charge in [-0.25, -0.2) is 0 Å². The summed E-state index contributed by atoms with van der Waals surface area (Å²) >= 11 is 3.08. The van der Waals surface area contributed by atoms with Crippen molar-refractivity contribution >= 4 is 28.6 Å². The largest absolute Gasteiger partial charge is 0.395 e. The van der Waals surface area contributed by atoms with Crippen LogP contribution in [0.25, 0.3) is 0 Å². The summed E-state index contributed by atoms with van der Waals surface area (Å²) in [6.45, 7) is 0.663. The zero-order valence-corrected chi connectivity index (χ0v) is 12.8. The number of carbonyl (C=O) groups excluding carboxylic acids is 1. The first-order chi connectivity index (χ1) is 9.70. The summed E-state index contributed by atoms with van der Waals surface area (Å²) < 4.78 is 0. The summed E-state index contributed by atoms with van der Waals surface area (Å²) in [7, 11) is 1.80. The summed E-state index contributed by atoms with van der Waals surface area (Å²) in [5, 5.41) is 14.5. The quantitative estimate of drug-likeness (QED) is 0.883. The lowest BCUT2D eigenvalue weighted by Crippen LogP contribution is -2.25. The molecule has 2 heterocycles. The summed E-state index contributed by atoms with van der Waals surface area (Å²) in [5.41, 5.74) is 1.81. The Hall–Kier alpha value is -1.61. The molecule has 0 atom stereocenters. The molecular weight excluding hydrogens is 290 g/mol. The van der Waals surface area contributed by atoms with Crippen molar-refractivity contribution in [3.63, 3.8) is 0 Å². The van der Waals surface area contributed by atoms with Crippen molar-refractivity contribution in [3.05, 3.63) is 44.3 Å². The number of nitrogens with zero attached hydrogens (tertiary/aromatic N) is 1. The number of carbonyl (C=O) groups is 1. The molecule has 0 aliphatic carbocycles. The van der Waals surface area contributed by atoms with Crippen LogP contribution >= 0.6 is 22.7 Å². The van der Waals surface area contributed by atoms with Crippen molar-refractivity contribution in [1.82, 2.24) is 4.90 Å². The third kappa shape index (κ3) is 3.94. The van der Waals surface area contributed by atoms with E-state index in [9.17, 15) is 4.79 Å². The molecule has 104 valence electrons. The zero-order chi connectivity index (χ0) is 14.4. The Kier molecular flexibility index (Phi) is 5.36. The number of aliphatic hydroxyl groups excluding tert-OH is 1. The van der Waals surface area contributed by atoms with Crippen LogP contribution in [0.1, 0.15) is 27.2 Å². The monoisotopic (exact) mass is 305 g/mol. The van der Waals surface area contributed by atoms with E-state index in [1.165, 1.54) is 11.3 Å². The van der Waals surface area contributed by atoms with Gasteiger partial charge in [-0.05, 0) is 28.5 Å². The van der Waals surface area contributed by atoms with Gasteiger partial charge < -0.3 is 10.0 Å². The highest BCUT2D eigenvalue weighted by Gasteiger charge is 2.12. The molecule has 0 bridgehead atoms. The minimum atomic E-state index is 0.0327. The van der Waals surface area contributed by atoms with E-state index >= 15 is 0 Å². The standard InChI is InChI=1S/C15H15NO2S2/c1-16(15(18)13-5-7-19-11-13)9-12-8-14(20-10-12)4-2-3-6-17/h5,7-8,10-11,17H,3,6,9H2,1H3. The SMILES string of the molecule is CN(Cc1csc(C#CCCO)c1)C(=O)c1ccsc1. The molecule has 2 aromatic heterocycles. The van der Waals surface area contributed by atoms with Crippen LogP contribution in [0.15, 0.2) is 28.3 Å². The van der Waals surface area contributed by atoms with Crippen molar-refractivity contribution < 1.29 is 9.90 Å². The van der Waals surface area contributed by atoms with Gasteiger partial charge in [0.15, 0.2) is 0 Å². The first kappa shape index (κ1) is 14.8. The number of amides is 1. The molecule has 1 amide bonds. The summed E-state index contributed by atoms with van der Waals surface area (Å²) in [4.78, 5) is 14.8. The number of thiophene rings is 2. The molecule has 5 heteroatoms. The van der Waals surface area contributed by atoms with Crippen molar-refractivity contribution in [1.29, 1.82) is 0 Å². The predicted molar refractivity (Wildman–Crippen MR) is 83.0 cm³/mol. The minimum absolute atomic E-state index is 0.0327. The highest BCUT2D eigenvalue weighted by atomic mass is 32.1. The molecule has 0 saturated heterocycles. The Bertz CT molecular complexity index is 620. The molecule has 0 unspecified atom stereocenters. The van der Waals surface area contributed by atoms with E-state index in [0.29, 0.717) is 13.0 Å². The molecule has 0 aromatic carbocycles.